The Kier molecular flexibility index (Phi) is 7.11. The van der Waals surface area contributed by atoms with Crippen LogP contribution >= 0.6 is 0 Å². The number of carbonyl (C=O) groups excluding carboxylic acids is 1. The van der Waals surface area contributed by atoms with Gasteiger partial charge in [-0.15, -0.1) is 0 Å². The Morgan fingerprint density at radius 2 is 1.71 bits per heavy atom. The number of anilines is 2. The molecule has 0 spiro atoms. The molecule has 0 radical (unpaired) electrons. The average molecular weight is 465 g/mol. The molecule has 1 amide bonds. The zero-order chi connectivity index (χ0) is 23.3. The molecule has 8 nitrogen and oxygen atoms in total. The molecule has 2 aliphatic carbocycles. The number of aromatic nitrogens is 3. The predicted octanol–water partition coefficient (Wildman–Crippen LogP) is 4.21. The first kappa shape index (κ1) is 22.9. The molecule has 0 aromatic carbocycles. The van der Waals surface area contributed by atoms with E-state index >= 15 is 0 Å². The Morgan fingerprint density at radius 1 is 0.971 bits per heavy atom. The Balaban J connectivity index is 1.16. The van der Waals surface area contributed by atoms with Gasteiger partial charge >= 0.3 is 0 Å². The Bertz CT molecular complexity index is 962. The van der Waals surface area contributed by atoms with Crippen molar-refractivity contribution in [3.63, 3.8) is 0 Å². The Morgan fingerprint density at radius 3 is 2.41 bits per heavy atom. The molecule has 34 heavy (non-hydrogen) atoms. The van der Waals surface area contributed by atoms with Crippen molar-refractivity contribution in [3.05, 3.63) is 35.7 Å². The number of carbonyl (C=O) groups is 1. The van der Waals surface area contributed by atoms with Gasteiger partial charge in [0.05, 0.1) is 5.56 Å². The van der Waals surface area contributed by atoms with Gasteiger partial charge < -0.3 is 19.9 Å². The van der Waals surface area contributed by atoms with Gasteiger partial charge in [0.15, 0.2) is 0 Å². The monoisotopic (exact) mass is 464 g/mol. The number of pyridine rings is 1. The Hall–Kier alpha value is -2.90. The summed E-state index contributed by atoms with van der Waals surface area (Å²) in [6, 6.07) is 6.17. The molecule has 182 valence electrons. The van der Waals surface area contributed by atoms with Crippen LogP contribution in [0.25, 0.3) is 0 Å². The first-order valence-corrected chi connectivity index (χ1v) is 12.9. The average Bonchev–Trinajstić information content (AvgIpc) is 3.38. The second-order valence-electron chi connectivity index (χ2n) is 9.86. The summed E-state index contributed by atoms with van der Waals surface area (Å²) in [5.74, 6) is 2.31. The molecule has 1 saturated heterocycles. The summed E-state index contributed by atoms with van der Waals surface area (Å²) in [6.45, 7) is 4.84. The van der Waals surface area contributed by atoms with E-state index in [1.807, 2.05) is 30.0 Å². The van der Waals surface area contributed by atoms with E-state index in [0.717, 1.165) is 43.4 Å². The van der Waals surface area contributed by atoms with Crippen LogP contribution in [0.15, 0.2) is 24.4 Å². The van der Waals surface area contributed by atoms with E-state index in [4.69, 9.17) is 9.72 Å². The van der Waals surface area contributed by atoms with Crippen molar-refractivity contribution in [2.75, 3.05) is 36.4 Å². The molecule has 2 saturated carbocycles. The maximum absolute atomic E-state index is 13.0. The summed E-state index contributed by atoms with van der Waals surface area (Å²) in [5, 5.41) is 3.55. The smallest absolute Gasteiger partial charge is 0.255 e. The number of piperazine rings is 1. The lowest BCUT2D eigenvalue weighted by molar-refractivity contribution is 0.0746. The highest BCUT2D eigenvalue weighted by Gasteiger charge is 2.24. The van der Waals surface area contributed by atoms with Crippen LogP contribution in [0.2, 0.25) is 0 Å². The summed E-state index contributed by atoms with van der Waals surface area (Å²) >= 11 is 0. The lowest BCUT2D eigenvalue weighted by Crippen LogP contribution is -2.49. The second-order valence-corrected chi connectivity index (χ2v) is 9.86. The van der Waals surface area contributed by atoms with Gasteiger partial charge in [-0.3, -0.25) is 4.79 Å². The molecule has 2 aromatic heterocycles. The van der Waals surface area contributed by atoms with Crippen molar-refractivity contribution in [1.82, 2.24) is 19.9 Å². The summed E-state index contributed by atoms with van der Waals surface area (Å²) in [5.41, 5.74) is 1.58. The quantitative estimate of drug-likeness (QED) is 0.686. The number of hydrogen-bond acceptors (Lipinski definition) is 7. The van der Waals surface area contributed by atoms with Gasteiger partial charge in [0.1, 0.15) is 11.9 Å². The molecule has 5 rings (SSSR count). The van der Waals surface area contributed by atoms with E-state index in [0.29, 0.717) is 30.6 Å². The van der Waals surface area contributed by atoms with Gasteiger partial charge in [-0.1, -0.05) is 19.3 Å². The van der Waals surface area contributed by atoms with E-state index in [1.54, 1.807) is 6.20 Å². The van der Waals surface area contributed by atoms with Gasteiger partial charge in [0.2, 0.25) is 11.8 Å². The first-order valence-electron chi connectivity index (χ1n) is 12.9. The molecule has 3 heterocycles. The van der Waals surface area contributed by atoms with Crippen molar-refractivity contribution in [2.24, 2.45) is 0 Å². The number of aryl methyl sites for hydroxylation is 1. The molecular formula is C26H36N6O2. The van der Waals surface area contributed by atoms with Gasteiger partial charge in [-0.05, 0) is 51.5 Å². The number of amides is 1. The second kappa shape index (κ2) is 10.6. The molecule has 0 bridgehead atoms. The van der Waals surface area contributed by atoms with Crippen molar-refractivity contribution >= 4 is 17.7 Å². The van der Waals surface area contributed by atoms with Crippen LogP contribution in [0.3, 0.4) is 0 Å². The van der Waals surface area contributed by atoms with E-state index in [-0.39, 0.29) is 12.0 Å². The molecule has 1 N–H and O–H groups in total. The molecule has 2 aromatic rings. The van der Waals surface area contributed by atoms with Crippen molar-refractivity contribution in [2.45, 2.75) is 76.9 Å². The van der Waals surface area contributed by atoms with Crippen LogP contribution in [0.4, 0.5) is 11.8 Å². The molecule has 1 aliphatic heterocycles. The summed E-state index contributed by atoms with van der Waals surface area (Å²) < 4.78 is 5.93. The number of rotatable bonds is 6. The van der Waals surface area contributed by atoms with Crippen LogP contribution in [0, 0.1) is 6.92 Å². The lowest BCUT2D eigenvalue weighted by Gasteiger charge is -2.35. The molecule has 0 atom stereocenters. The van der Waals surface area contributed by atoms with Gasteiger partial charge in [-0.25, -0.2) is 9.97 Å². The summed E-state index contributed by atoms with van der Waals surface area (Å²) in [6.07, 6.45) is 12.8. The number of nitrogens with zero attached hydrogens (tertiary/aromatic N) is 5. The van der Waals surface area contributed by atoms with Crippen molar-refractivity contribution < 1.29 is 9.53 Å². The van der Waals surface area contributed by atoms with Gasteiger partial charge in [0, 0.05) is 56.2 Å². The van der Waals surface area contributed by atoms with E-state index in [1.165, 1.54) is 44.9 Å². The maximum atomic E-state index is 13.0. The third kappa shape index (κ3) is 5.59. The zero-order valence-corrected chi connectivity index (χ0v) is 20.2. The van der Waals surface area contributed by atoms with Crippen LogP contribution < -0.4 is 15.0 Å². The SMILES string of the molecule is Cc1cc(N2CCN(C(=O)c3ccc(OC4CCCC4)nc3)CC2)nc(NC2CCCCC2)n1. The highest BCUT2D eigenvalue weighted by molar-refractivity contribution is 5.94. The van der Waals surface area contributed by atoms with E-state index in [2.05, 4.69) is 20.2 Å². The minimum absolute atomic E-state index is 0.0260. The minimum atomic E-state index is 0.0260. The maximum Gasteiger partial charge on any atom is 0.255 e. The third-order valence-corrected chi connectivity index (χ3v) is 7.24. The molecule has 3 fully saturated rings. The molecule has 0 unspecified atom stereocenters. The third-order valence-electron chi connectivity index (χ3n) is 7.24. The summed E-state index contributed by atoms with van der Waals surface area (Å²) in [7, 11) is 0. The van der Waals surface area contributed by atoms with Gasteiger partial charge in [0.25, 0.3) is 5.91 Å². The first-order chi connectivity index (χ1) is 16.6. The van der Waals surface area contributed by atoms with Crippen LogP contribution in [0.1, 0.15) is 73.8 Å². The summed E-state index contributed by atoms with van der Waals surface area (Å²) in [4.78, 5) is 31.0. The molecule has 3 aliphatic rings. The fraction of sp³-hybridized carbons (Fsp3) is 0.615. The van der Waals surface area contributed by atoms with E-state index < -0.39 is 0 Å². The number of ether oxygens (including phenoxy) is 1. The number of nitrogens with one attached hydrogen (secondary N) is 1. The van der Waals surface area contributed by atoms with Gasteiger partial charge in [-0.2, -0.15) is 4.98 Å². The zero-order valence-electron chi connectivity index (χ0n) is 20.2. The van der Waals surface area contributed by atoms with E-state index in [9.17, 15) is 4.79 Å². The molecular weight excluding hydrogens is 428 g/mol. The fourth-order valence-electron chi connectivity index (χ4n) is 5.28. The minimum Gasteiger partial charge on any atom is -0.474 e. The topological polar surface area (TPSA) is 83.5 Å². The molecule has 8 heteroatoms. The number of hydrogen-bond donors (Lipinski definition) is 1. The lowest BCUT2D eigenvalue weighted by atomic mass is 9.96. The standard InChI is InChI=1S/C26H36N6O2/c1-19-17-23(30-26(28-19)29-21-7-3-2-4-8-21)31-13-15-32(16-14-31)25(33)20-11-12-24(27-18-20)34-22-9-5-6-10-22/h11-12,17-18,21-22H,2-10,13-16H2,1H3,(H,28,29,30). The van der Waals surface area contributed by atoms with Crippen molar-refractivity contribution in [1.29, 1.82) is 0 Å². The van der Waals surface area contributed by atoms with Crippen LogP contribution in [0.5, 0.6) is 5.88 Å². The highest BCUT2D eigenvalue weighted by atomic mass is 16.5. The van der Waals surface area contributed by atoms with Crippen LogP contribution in [-0.2, 0) is 0 Å². The fourth-order valence-corrected chi connectivity index (χ4v) is 5.28. The Labute approximate surface area is 202 Å². The normalized spacial score (nSPS) is 19.9. The predicted molar refractivity (Wildman–Crippen MR) is 133 cm³/mol. The largest absolute Gasteiger partial charge is 0.474 e. The van der Waals surface area contributed by atoms with Crippen LogP contribution in [-0.4, -0.2) is 64.1 Å². The van der Waals surface area contributed by atoms with Crippen molar-refractivity contribution in [3.8, 4) is 5.88 Å². The highest BCUT2D eigenvalue weighted by Crippen LogP contribution is 2.24.